The number of carbonyl (C=O) groups is 1. The molecule has 0 atom stereocenters. The Balaban J connectivity index is 2.23. The molecule has 0 bridgehead atoms. The molecule has 0 saturated carbocycles. The summed E-state index contributed by atoms with van der Waals surface area (Å²) >= 11 is 3.07. The lowest BCUT2D eigenvalue weighted by atomic mass is 10.2. The molecule has 0 aliphatic rings. The number of aryl methyl sites for hydroxylation is 2. The molecule has 4 nitrogen and oxygen atoms in total. The number of benzene rings is 1. The highest BCUT2D eigenvalue weighted by Gasteiger charge is 2.14. The van der Waals surface area contributed by atoms with Crippen LogP contribution in [0.5, 0.6) is 0 Å². The summed E-state index contributed by atoms with van der Waals surface area (Å²) in [6.45, 7) is 4.51. The van der Waals surface area contributed by atoms with Crippen LogP contribution in [0.1, 0.15) is 30.0 Å². The zero-order chi connectivity index (χ0) is 14.7. The number of nitrogens with one attached hydrogen (secondary N) is 1. The van der Waals surface area contributed by atoms with E-state index in [9.17, 15) is 9.18 Å². The van der Waals surface area contributed by atoms with Gasteiger partial charge in [0.1, 0.15) is 11.5 Å². The average molecular weight is 340 g/mol. The van der Waals surface area contributed by atoms with Gasteiger partial charge in [0.2, 0.25) is 0 Å². The van der Waals surface area contributed by atoms with Crippen LogP contribution in [-0.2, 0) is 13.0 Å². The molecule has 0 unspecified atom stereocenters. The highest BCUT2D eigenvalue weighted by atomic mass is 79.9. The number of hydrogen-bond acceptors (Lipinski definition) is 2. The molecule has 1 N–H and O–H groups in total. The van der Waals surface area contributed by atoms with Crippen LogP contribution in [0.2, 0.25) is 0 Å². The molecule has 0 radical (unpaired) electrons. The first kappa shape index (κ1) is 14.7. The Bertz CT molecular complexity index is 639. The van der Waals surface area contributed by atoms with E-state index in [-0.39, 0.29) is 5.91 Å². The van der Waals surface area contributed by atoms with Crippen LogP contribution in [0.3, 0.4) is 0 Å². The van der Waals surface area contributed by atoms with Crippen molar-refractivity contribution >= 4 is 27.5 Å². The standard InChI is InChI=1S/C14H15BrFN3O/c1-3-9-8-13(19(4-2)18-9)14(20)17-10-5-6-11(15)12(16)7-10/h5-8H,3-4H2,1-2H3,(H,17,20). The second kappa shape index (κ2) is 6.17. The molecule has 0 aliphatic heterocycles. The van der Waals surface area contributed by atoms with E-state index in [4.69, 9.17) is 0 Å². The molecular formula is C14H15BrFN3O. The van der Waals surface area contributed by atoms with E-state index in [2.05, 4.69) is 26.3 Å². The monoisotopic (exact) mass is 339 g/mol. The summed E-state index contributed by atoms with van der Waals surface area (Å²) in [5.41, 5.74) is 1.75. The van der Waals surface area contributed by atoms with Gasteiger partial charge in [-0.1, -0.05) is 6.92 Å². The van der Waals surface area contributed by atoms with Gasteiger partial charge in [-0.05, 0) is 53.5 Å². The SMILES string of the molecule is CCc1cc(C(=O)Nc2ccc(Br)c(F)c2)n(CC)n1. The minimum atomic E-state index is -0.416. The highest BCUT2D eigenvalue weighted by Crippen LogP contribution is 2.20. The first-order valence-electron chi connectivity index (χ1n) is 6.38. The summed E-state index contributed by atoms with van der Waals surface area (Å²) < 4.78 is 15.4. The van der Waals surface area contributed by atoms with Gasteiger partial charge in [0.05, 0.1) is 10.2 Å². The molecule has 1 amide bonds. The van der Waals surface area contributed by atoms with Crippen LogP contribution in [0.4, 0.5) is 10.1 Å². The molecule has 1 heterocycles. The van der Waals surface area contributed by atoms with E-state index in [1.807, 2.05) is 13.8 Å². The second-order valence-corrected chi connectivity index (χ2v) is 5.13. The predicted octanol–water partition coefficient (Wildman–Crippen LogP) is 3.62. The first-order valence-corrected chi connectivity index (χ1v) is 7.17. The molecule has 1 aromatic carbocycles. The van der Waals surface area contributed by atoms with Crippen molar-refractivity contribution in [2.75, 3.05) is 5.32 Å². The summed E-state index contributed by atoms with van der Waals surface area (Å²) in [5, 5.41) is 6.99. The van der Waals surface area contributed by atoms with Gasteiger partial charge in [-0.3, -0.25) is 9.48 Å². The van der Waals surface area contributed by atoms with E-state index >= 15 is 0 Å². The lowest BCUT2D eigenvalue weighted by Crippen LogP contribution is -2.17. The van der Waals surface area contributed by atoms with E-state index in [0.717, 1.165) is 12.1 Å². The number of aromatic nitrogens is 2. The molecule has 0 aliphatic carbocycles. The van der Waals surface area contributed by atoms with Crippen LogP contribution < -0.4 is 5.32 Å². The quantitative estimate of drug-likeness (QED) is 0.924. The van der Waals surface area contributed by atoms with Crippen LogP contribution in [-0.4, -0.2) is 15.7 Å². The Morgan fingerprint density at radius 3 is 2.75 bits per heavy atom. The summed E-state index contributed by atoms with van der Waals surface area (Å²) in [6, 6.07) is 6.22. The third-order valence-electron chi connectivity index (χ3n) is 2.90. The number of halogens is 2. The fourth-order valence-electron chi connectivity index (χ4n) is 1.84. The maximum atomic E-state index is 13.4. The number of hydrogen-bond donors (Lipinski definition) is 1. The van der Waals surface area contributed by atoms with Gasteiger partial charge in [-0.25, -0.2) is 4.39 Å². The molecular weight excluding hydrogens is 325 g/mol. The number of amides is 1. The smallest absolute Gasteiger partial charge is 0.273 e. The first-order chi connectivity index (χ1) is 9.55. The summed E-state index contributed by atoms with van der Waals surface area (Å²) in [4.78, 5) is 12.2. The van der Waals surface area contributed by atoms with Gasteiger partial charge in [0.15, 0.2) is 0 Å². The van der Waals surface area contributed by atoms with Gasteiger partial charge < -0.3 is 5.32 Å². The Morgan fingerprint density at radius 2 is 2.15 bits per heavy atom. The molecule has 2 rings (SSSR count). The highest BCUT2D eigenvalue weighted by molar-refractivity contribution is 9.10. The van der Waals surface area contributed by atoms with Crippen molar-refractivity contribution in [3.8, 4) is 0 Å². The molecule has 0 spiro atoms. The Morgan fingerprint density at radius 1 is 1.40 bits per heavy atom. The van der Waals surface area contributed by atoms with E-state index in [0.29, 0.717) is 22.4 Å². The maximum absolute atomic E-state index is 13.4. The maximum Gasteiger partial charge on any atom is 0.273 e. The number of anilines is 1. The lowest BCUT2D eigenvalue weighted by molar-refractivity contribution is 0.101. The minimum Gasteiger partial charge on any atom is -0.321 e. The molecule has 6 heteroatoms. The zero-order valence-electron chi connectivity index (χ0n) is 11.3. The Kier molecular flexibility index (Phi) is 4.54. The van der Waals surface area contributed by atoms with E-state index < -0.39 is 5.82 Å². The average Bonchev–Trinajstić information content (AvgIpc) is 2.86. The van der Waals surface area contributed by atoms with Crippen molar-refractivity contribution in [3.05, 3.63) is 45.9 Å². The van der Waals surface area contributed by atoms with Crippen molar-refractivity contribution in [3.63, 3.8) is 0 Å². The van der Waals surface area contributed by atoms with Crippen LogP contribution in [0.15, 0.2) is 28.7 Å². The normalized spacial score (nSPS) is 10.6. The van der Waals surface area contributed by atoms with Crippen molar-refractivity contribution in [2.45, 2.75) is 26.8 Å². The van der Waals surface area contributed by atoms with Crippen molar-refractivity contribution in [1.29, 1.82) is 0 Å². The third-order valence-corrected chi connectivity index (χ3v) is 3.55. The molecule has 106 valence electrons. The van der Waals surface area contributed by atoms with Crippen LogP contribution >= 0.6 is 15.9 Å². The summed E-state index contributed by atoms with van der Waals surface area (Å²) in [5.74, 6) is -0.707. The third kappa shape index (κ3) is 3.07. The zero-order valence-corrected chi connectivity index (χ0v) is 12.9. The van der Waals surface area contributed by atoms with Gasteiger partial charge >= 0.3 is 0 Å². The summed E-state index contributed by atoms with van der Waals surface area (Å²) in [7, 11) is 0. The lowest BCUT2D eigenvalue weighted by Gasteiger charge is -2.07. The van der Waals surface area contributed by atoms with Gasteiger partial charge in [-0.2, -0.15) is 5.10 Å². The molecule has 20 heavy (non-hydrogen) atoms. The number of rotatable bonds is 4. The van der Waals surface area contributed by atoms with Crippen LogP contribution in [0.25, 0.3) is 0 Å². The van der Waals surface area contributed by atoms with Gasteiger partial charge in [0.25, 0.3) is 5.91 Å². The van der Waals surface area contributed by atoms with E-state index in [1.165, 1.54) is 6.07 Å². The topological polar surface area (TPSA) is 46.9 Å². The van der Waals surface area contributed by atoms with Crippen LogP contribution in [0, 0.1) is 5.82 Å². The van der Waals surface area contributed by atoms with Crippen molar-refractivity contribution < 1.29 is 9.18 Å². The largest absolute Gasteiger partial charge is 0.321 e. The van der Waals surface area contributed by atoms with Gasteiger partial charge in [-0.15, -0.1) is 0 Å². The van der Waals surface area contributed by atoms with Crippen molar-refractivity contribution in [2.24, 2.45) is 0 Å². The fourth-order valence-corrected chi connectivity index (χ4v) is 2.08. The Labute approximate surface area is 125 Å². The molecule has 2 aromatic rings. The van der Waals surface area contributed by atoms with E-state index in [1.54, 1.807) is 22.9 Å². The molecule has 0 fully saturated rings. The minimum absolute atomic E-state index is 0.291. The van der Waals surface area contributed by atoms with Crippen molar-refractivity contribution in [1.82, 2.24) is 9.78 Å². The fraction of sp³-hybridized carbons (Fsp3) is 0.286. The number of nitrogens with zero attached hydrogens (tertiary/aromatic N) is 2. The molecule has 0 saturated heterocycles. The Hall–Kier alpha value is -1.69. The molecule has 1 aromatic heterocycles. The number of carbonyl (C=O) groups excluding carboxylic acids is 1. The second-order valence-electron chi connectivity index (χ2n) is 4.27. The summed E-state index contributed by atoms with van der Waals surface area (Å²) in [6.07, 6.45) is 0.764. The van der Waals surface area contributed by atoms with Gasteiger partial charge in [0, 0.05) is 12.2 Å². The predicted molar refractivity (Wildman–Crippen MR) is 79.3 cm³/mol.